The van der Waals surface area contributed by atoms with Gasteiger partial charge >= 0.3 is 0 Å². The quantitative estimate of drug-likeness (QED) is 0.324. The Hall–Kier alpha value is -1.62. The van der Waals surface area contributed by atoms with Crippen molar-refractivity contribution < 1.29 is 18.9 Å². The van der Waals surface area contributed by atoms with Crippen LogP contribution in [-0.2, 0) is 19.6 Å². The summed E-state index contributed by atoms with van der Waals surface area (Å²) in [7, 11) is 0. The normalized spacial score (nSPS) is 22.9. The van der Waals surface area contributed by atoms with Gasteiger partial charge in [-0.1, -0.05) is 52.0 Å². The Morgan fingerprint density at radius 3 is 2.00 bits per heavy atom. The van der Waals surface area contributed by atoms with Crippen molar-refractivity contribution in [1.29, 1.82) is 0 Å². The molecule has 2 saturated heterocycles. The molecule has 3 atom stereocenters. The predicted octanol–water partition coefficient (Wildman–Crippen LogP) is 6.35. The van der Waals surface area contributed by atoms with Crippen LogP contribution in [0, 0.1) is 16.7 Å². The van der Waals surface area contributed by atoms with Crippen LogP contribution < -0.4 is 4.74 Å². The lowest BCUT2D eigenvalue weighted by Gasteiger charge is -2.43. The van der Waals surface area contributed by atoms with Gasteiger partial charge in [-0.05, 0) is 55.9 Å². The summed E-state index contributed by atoms with van der Waals surface area (Å²) in [5.74, 6) is 1.15. The molecule has 2 aliphatic heterocycles. The van der Waals surface area contributed by atoms with Gasteiger partial charge in [0, 0.05) is 10.8 Å². The van der Waals surface area contributed by atoms with Crippen LogP contribution in [0.25, 0.3) is 0 Å². The third-order valence-electron chi connectivity index (χ3n) is 8.38. The molecular weight excluding hydrogens is 412 g/mol. The Labute approximate surface area is 201 Å². The van der Waals surface area contributed by atoms with Crippen molar-refractivity contribution in [3.8, 4) is 5.75 Å². The lowest BCUT2D eigenvalue weighted by Crippen LogP contribution is -2.47. The number of hydrogen-bond donors (Lipinski definition) is 0. The molecule has 4 nitrogen and oxygen atoms in total. The Morgan fingerprint density at radius 2 is 1.58 bits per heavy atom. The number of hydrogen-bond acceptors (Lipinski definition) is 4. The molecule has 1 aromatic rings. The highest BCUT2D eigenvalue weighted by Crippen LogP contribution is 2.43. The first-order chi connectivity index (χ1) is 15.8. The first-order valence-corrected chi connectivity index (χ1v) is 12.6. The summed E-state index contributed by atoms with van der Waals surface area (Å²) in [6.45, 7) is 22.0. The summed E-state index contributed by atoms with van der Waals surface area (Å²) in [6, 6.07) is 8.61. The number of allylic oxidation sites excluding steroid dienone is 2. The topological polar surface area (TPSA) is 36.9 Å². The molecule has 0 aliphatic carbocycles. The van der Waals surface area contributed by atoms with Gasteiger partial charge in [-0.3, -0.25) is 0 Å². The second-order valence-corrected chi connectivity index (χ2v) is 10.4. The average molecular weight is 457 g/mol. The van der Waals surface area contributed by atoms with Gasteiger partial charge in [-0.2, -0.15) is 0 Å². The van der Waals surface area contributed by atoms with Gasteiger partial charge in [0.2, 0.25) is 0 Å². The summed E-state index contributed by atoms with van der Waals surface area (Å²) in [6.07, 6.45) is 6.44. The standard InChI is InChI=1S/C29H44O4/c1-8-22(5)27(7,26(9-2)23(6)32-20-28(10-3)16-30-17-28)24-12-14-25(15-13-24)33-21-29(11-4)18-31-19-29/h8-9,12-15,22-23H,1,10-11,16-21H2,2-7H3/b26-9+/t22?,23-,27?/m1/s1. The molecule has 0 radical (unpaired) electrons. The molecule has 0 bridgehead atoms. The van der Waals surface area contributed by atoms with E-state index in [4.69, 9.17) is 18.9 Å². The molecule has 2 heterocycles. The van der Waals surface area contributed by atoms with Crippen LogP contribution in [0.4, 0.5) is 0 Å². The van der Waals surface area contributed by atoms with E-state index in [1.165, 1.54) is 11.1 Å². The van der Waals surface area contributed by atoms with Gasteiger partial charge in [-0.25, -0.2) is 0 Å². The largest absolute Gasteiger partial charge is 0.493 e. The molecule has 0 saturated carbocycles. The Kier molecular flexibility index (Phi) is 8.47. The van der Waals surface area contributed by atoms with Crippen LogP contribution >= 0.6 is 0 Å². The van der Waals surface area contributed by atoms with Crippen molar-refractivity contribution in [3.63, 3.8) is 0 Å². The second kappa shape index (κ2) is 10.8. The van der Waals surface area contributed by atoms with Gasteiger partial charge in [-0.15, -0.1) is 6.58 Å². The highest BCUT2D eigenvalue weighted by molar-refractivity contribution is 5.42. The molecule has 1 aromatic carbocycles. The van der Waals surface area contributed by atoms with Gasteiger partial charge in [0.15, 0.2) is 0 Å². The molecule has 4 heteroatoms. The van der Waals surface area contributed by atoms with Crippen LogP contribution in [0.3, 0.4) is 0 Å². The second-order valence-electron chi connectivity index (χ2n) is 10.4. The van der Waals surface area contributed by atoms with Crippen molar-refractivity contribution >= 4 is 0 Å². The maximum Gasteiger partial charge on any atom is 0.119 e. The fourth-order valence-corrected chi connectivity index (χ4v) is 4.97. The van der Waals surface area contributed by atoms with E-state index < -0.39 is 0 Å². The maximum absolute atomic E-state index is 6.47. The molecule has 0 spiro atoms. The number of ether oxygens (including phenoxy) is 4. The Balaban J connectivity index is 1.76. The molecule has 184 valence electrons. The van der Waals surface area contributed by atoms with Crippen molar-refractivity contribution in [2.45, 2.75) is 65.9 Å². The van der Waals surface area contributed by atoms with E-state index in [1.807, 2.05) is 0 Å². The molecule has 2 fully saturated rings. The van der Waals surface area contributed by atoms with Crippen LogP contribution in [0.15, 0.2) is 48.6 Å². The molecule has 2 aliphatic rings. The fraction of sp³-hybridized carbons (Fsp3) is 0.655. The molecule has 3 rings (SSSR count). The Morgan fingerprint density at radius 1 is 1.03 bits per heavy atom. The summed E-state index contributed by atoms with van der Waals surface area (Å²) < 4.78 is 23.5. The third-order valence-corrected chi connectivity index (χ3v) is 8.38. The minimum absolute atomic E-state index is 0.00498. The Bertz CT molecular complexity index is 792. The zero-order valence-electron chi connectivity index (χ0n) is 21.6. The highest BCUT2D eigenvalue weighted by Gasteiger charge is 2.41. The van der Waals surface area contributed by atoms with Gasteiger partial charge in [0.05, 0.1) is 51.2 Å². The summed E-state index contributed by atoms with van der Waals surface area (Å²) in [5, 5.41) is 0. The van der Waals surface area contributed by atoms with Crippen LogP contribution in [-0.4, -0.2) is 45.7 Å². The first kappa shape index (κ1) is 26.0. The average Bonchev–Trinajstić information content (AvgIpc) is 2.78. The van der Waals surface area contributed by atoms with E-state index in [2.05, 4.69) is 84.5 Å². The number of benzene rings is 1. The van der Waals surface area contributed by atoms with E-state index in [0.717, 1.165) is 51.6 Å². The van der Waals surface area contributed by atoms with Crippen LogP contribution in [0.5, 0.6) is 5.75 Å². The van der Waals surface area contributed by atoms with E-state index in [9.17, 15) is 0 Å². The summed E-state index contributed by atoms with van der Waals surface area (Å²) in [4.78, 5) is 0. The van der Waals surface area contributed by atoms with Crippen molar-refractivity contribution in [2.75, 3.05) is 39.6 Å². The van der Waals surface area contributed by atoms with Crippen molar-refractivity contribution in [1.82, 2.24) is 0 Å². The maximum atomic E-state index is 6.47. The summed E-state index contributed by atoms with van der Waals surface area (Å²) in [5.41, 5.74) is 2.66. The monoisotopic (exact) mass is 456 g/mol. The van der Waals surface area contributed by atoms with E-state index >= 15 is 0 Å². The van der Waals surface area contributed by atoms with E-state index in [1.54, 1.807) is 0 Å². The van der Waals surface area contributed by atoms with E-state index in [0.29, 0.717) is 6.61 Å². The van der Waals surface area contributed by atoms with Crippen LogP contribution in [0.2, 0.25) is 0 Å². The molecule has 0 amide bonds. The van der Waals surface area contributed by atoms with Gasteiger partial charge < -0.3 is 18.9 Å². The smallest absolute Gasteiger partial charge is 0.119 e. The van der Waals surface area contributed by atoms with E-state index in [-0.39, 0.29) is 28.3 Å². The predicted molar refractivity (Wildman–Crippen MR) is 135 cm³/mol. The van der Waals surface area contributed by atoms with Gasteiger partial charge in [0.1, 0.15) is 5.75 Å². The van der Waals surface area contributed by atoms with Crippen molar-refractivity contribution in [2.24, 2.45) is 16.7 Å². The highest BCUT2D eigenvalue weighted by atomic mass is 16.5. The summed E-state index contributed by atoms with van der Waals surface area (Å²) >= 11 is 0. The molecule has 2 unspecified atom stereocenters. The lowest BCUT2D eigenvalue weighted by atomic mass is 9.66. The SMILES string of the molecule is C=CC(C)C(C)(/C(=C/C)[C@@H](C)OCC1(CC)COC1)c1ccc(OCC2(CC)COC2)cc1. The number of rotatable bonds is 13. The van der Waals surface area contributed by atoms with Gasteiger partial charge in [0.25, 0.3) is 0 Å². The zero-order valence-corrected chi connectivity index (χ0v) is 21.6. The third kappa shape index (κ3) is 5.23. The molecule has 0 N–H and O–H groups in total. The minimum Gasteiger partial charge on any atom is -0.493 e. The molecule has 33 heavy (non-hydrogen) atoms. The molecule has 0 aromatic heterocycles. The zero-order chi connectivity index (χ0) is 24.1. The van der Waals surface area contributed by atoms with Crippen molar-refractivity contribution in [3.05, 3.63) is 54.1 Å². The lowest BCUT2D eigenvalue weighted by molar-refractivity contribution is -0.156. The fourth-order valence-electron chi connectivity index (χ4n) is 4.97. The minimum atomic E-state index is -0.226. The van der Waals surface area contributed by atoms with Crippen LogP contribution in [0.1, 0.15) is 59.9 Å². The first-order valence-electron chi connectivity index (χ1n) is 12.6. The molecular formula is C29H44O4.